The minimum absolute atomic E-state index is 0.0675. The molecule has 3 aromatic rings. The van der Waals surface area contributed by atoms with E-state index in [9.17, 15) is 13.6 Å². The highest BCUT2D eigenvalue weighted by Gasteiger charge is 2.17. The summed E-state index contributed by atoms with van der Waals surface area (Å²) in [5.74, 6) is -0.957. The summed E-state index contributed by atoms with van der Waals surface area (Å²) in [6, 6.07) is 13.0. The number of aromatic nitrogens is 3. The monoisotopic (exact) mass is 401 g/mol. The second-order valence-electron chi connectivity index (χ2n) is 5.88. The molecule has 2 aromatic carbocycles. The topological polar surface area (TPSA) is 112 Å². The van der Waals surface area contributed by atoms with E-state index in [0.717, 1.165) is 11.3 Å². The lowest BCUT2D eigenvalue weighted by atomic mass is 10.2. The van der Waals surface area contributed by atoms with Gasteiger partial charge >= 0.3 is 12.6 Å². The van der Waals surface area contributed by atoms with Gasteiger partial charge in [-0.3, -0.25) is 0 Å². The van der Waals surface area contributed by atoms with Crippen LogP contribution in [0.3, 0.4) is 0 Å². The van der Waals surface area contributed by atoms with E-state index in [1.165, 1.54) is 24.3 Å². The van der Waals surface area contributed by atoms with Gasteiger partial charge in [0.1, 0.15) is 11.3 Å². The molecule has 0 spiro atoms. The van der Waals surface area contributed by atoms with Gasteiger partial charge in [-0.15, -0.1) is 0 Å². The molecule has 10 heteroatoms. The van der Waals surface area contributed by atoms with Gasteiger partial charge in [-0.25, -0.2) is 4.79 Å². The number of hydrogen-bond donors (Lipinski definition) is 2. The molecule has 0 aliphatic heterocycles. The predicted molar refractivity (Wildman–Crippen MR) is 101 cm³/mol. The van der Waals surface area contributed by atoms with Crippen LogP contribution in [0.15, 0.2) is 48.5 Å². The summed E-state index contributed by atoms with van der Waals surface area (Å²) in [5.41, 5.74) is 7.37. The number of benzene rings is 2. The summed E-state index contributed by atoms with van der Waals surface area (Å²) in [7, 11) is 0. The highest BCUT2D eigenvalue weighted by atomic mass is 19.3. The molecule has 0 atom stereocenters. The fraction of sp³-hybridized carbons (Fsp3) is 0.158. The first-order valence-corrected chi connectivity index (χ1v) is 8.46. The summed E-state index contributed by atoms with van der Waals surface area (Å²) in [6.45, 7) is -1.44. The molecule has 0 aliphatic rings. The number of para-hydroxylation sites is 1. The fourth-order valence-electron chi connectivity index (χ4n) is 2.37. The van der Waals surface area contributed by atoms with Crippen molar-refractivity contribution >= 4 is 23.6 Å². The van der Waals surface area contributed by atoms with Crippen LogP contribution in [0.4, 0.5) is 26.4 Å². The normalized spacial score (nSPS) is 10.6. The van der Waals surface area contributed by atoms with Crippen molar-refractivity contribution in [1.82, 2.24) is 15.0 Å². The Bertz CT molecular complexity index is 999. The van der Waals surface area contributed by atoms with E-state index in [-0.39, 0.29) is 35.6 Å². The molecule has 0 aliphatic carbocycles. The van der Waals surface area contributed by atoms with Crippen molar-refractivity contribution in [2.45, 2.75) is 20.1 Å². The maximum atomic E-state index is 12.5. The molecule has 1 aromatic heterocycles. The zero-order chi connectivity index (χ0) is 20.8. The van der Waals surface area contributed by atoms with Crippen molar-refractivity contribution in [3.05, 3.63) is 65.5 Å². The fourth-order valence-corrected chi connectivity index (χ4v) is 2.37. The number of nitrogens with one attached hydrogen (secondary N) is 1. The lowest BCUT2D eigenvalue weighted by molar-refractivity contribution is -0.0505. The minimum Gasteiger partial charge on any atom is -0.454 e. The van der Waals surface area contributed by atoms with Crippen LogP contribution in [0, 0.1) is 6.92 Å². The molecule has 1 heterocycles. The van der Waals surface area contributed by atoms with Crippen molar-refractivity contribution in [3.63, 3.8) is 0 Å². The van der Waals surface area contributed by atoms with E-state index in [2.05, 4.69) is 25.0 Å². The Balaban J connectivity index is 1.70. The van der Waals surface area contributed by atoms with Gasteiger partial charge in [0.15, 0.2) is 12.4 Å². The van der Waals surface area contributed by atoms with Crippen LogP contribution < -0.4 is 15.8 Å². The molecule has 8 nitrogen and oxygen atoms in total. The SMILES string of the molecule is Cc1ccc(Nc2nc(N)nc(COC(=O)c3ccccc3OC(F)F)n2)cc1. The third-order valence-electron chi connectivity index (χ3n) is 3.66. The zero-order valence-electron chi connectivity index (χ0n) is 15.3. The first kappa shape index (κ1) is 19.9. The molecular formula is C19H17F2N5O3. The van der Waals surface area contributed by atoms with Gasteiger partial charge in [0.25, 0.3) is 0 Å². The van der Waals surface area contributed by atoms with Crippen molar-refractivity contribution in [2.75, 3.05) is 11.1 Å². The zero-order valence-corrected chi connectivity index (χ0v) is 15.3. The molecule has 0 radical (unpaired) electrons. The maximum Gasteiger partial charge on any atom is 0.387 e. The van der Waals surface area contributed by atoms with Crippen molar-refractivity contribution in [2.24, 2.45) is 0 Å². The molecule has 0 saturated heterocycles. The Hall–Kier alpha value is -3.82. The number of anilines is 3. The van der Waals surface area contributed by atoms with E-state index < -0.39 is 12.6 Å². The number of nitrogen functional groups attached to an aromatic ring is 1. The molecule has 0 unspecified atom stereocenters. The van der Waals surface area contributed by atoms with Crippen LogP contribution in [0.5, 0.6) is 5.75 Å². The molecule has 29 heavy (non-hydrogen) atoms. The van der Waals surface area contributed by atoms with E-state index in [0.29, 0.717) is 0 Å². The predicted octanol–water partition coefficient (Wildman–Crippen LogP) is 3.46. The van der Waals surface area contributed by atoms with Crippen LogP contribution in [0.2, 0.25) is 0 Å². The smallest absolute Gasteiger partial charge is 0.387 e. The van der Waals surface area contributed by atoms with Crippen LogP contribution in [0.1, 0.15) is 21.7 Å². The lowest BCUT2D eigenvalue weighted by Gasteiger charge is -2.11. The Morgan fingerprint density at radius 3 is 2.55 bits per heavy atom. The number of nitrogens with two attached hydrogens (primary N) is 1. The maximum absolute atomic E-state index is 12.5. The molecule has 0 fully saturated rings. The second kappa shape index (κ2) is 8.91. The van der Waals surface area contributed by atoms with Gasteiger partial charge in [0, 0.05) is 5.69 Å². The minimum atomic E-state index is -3.07. The van der Waals surface area contributed by atoms with Gasteiger partial charge in [0.2, 0.25) is 11.9 Å². The highest BCUT2D eigenvalue weighted by molar-refractivity contribution is 5.92. The molecule has 150 valence electrons. The Labute approximate surface area is 164 Å². The van der Waals surface area contributed by atoms with Crippen molar-refractivity contribution < 1.29 is 23.0 Å². The first-order chi connectivity index (χ1) is 13.9. The number of hydrogen-bond acceptors (Lipinski definition) is 8. The number of aryl methyl sites for hydroxylation is 1. The Kier molecular flexibility index (Phi) is 6.12. The molecule has 0 bridgehead atoms. The third kappa shape index (κ3) is 5.58. The summed E-state index contributed by atoms with van der Waals surface area (Å²) in [5, 5.41) is 2.98. The van der Waals surface area contributed by atoms with E-state index in [4.69, 9.17) is 10.5 Å². The number of carbonyl (C=O) groups is 1. The van der Waals surface area contributed by atoms with Crippen LogP contribution in [-0.4, -0.2) is 27.5 Å². The summed E-state index contributed by atoms with van der Waals surface area (Å²) >= 11 is 0. The van der Waals surface area contributed by atoms with Crippen LogP contribution in [0.25, 0.3) is 0 Å². The number of rotatable bonds is 7. The van der Waals surface area contributed by atoms with Crippen LogP contribution >= 0.6 is 0 Å². The first-order valence-electron chi connectivity index (χ1n) is 8.46. The van der Waals surface area contributed by atoms with Gasteiger partial charge < -0.3 is 20.5 Å². The van der Waals surface area contributed by atoms with Crippen molar-refractivity contribution in [1.29, 1.82) is 0 Å². The van der Waals surface area contributed by atoms with Crippen LogP contribution in [-0.2, 0) is 11.3 Å². The molecule has 0 saturated carbocycles. The quantitative estimate of drug-likeness (QED) is 0.579. The standard InChI is InChI=1S/C19H17F2N5O3/c1-11-6-8-12(9-7-11)23-19-25-15(24-18(22)26-19)10-28-16(27)13-4-2-3-5-14(13)29-17(20)21/h2-9,17H,10H2,1H3,(H3,22,23,24,25,26). The Morgan fingerprint density at radius 1 is 1.10 bits per heavy atom. The number of carbonyl (C=O) groups excluding carboxylic acids is 1. The average Bonchev–Trinajstić information content (AvgIpc) is 2.67. The van der Waals surface area contributed by atoms with E-state index in [1.54, 1.807) is 0 Å². The number of halogens is 2. The molecule has 3 N–H and O–H groups in total. The Morgan fingerprint density at radius 2 is 1.83 bits per heavy atom. The van der Waals surface area contributed by atoms with Gasteiger partial charge in [-0.2, -0.15) is 23.7 Å². The summed E-state index contributed by atoms with van der Waals surface area (Å²) < 4.78 is 34.4. The highest BCUT2D eigenvalue weighted by Crippen LogP contribution is 2.21. The number of esters is 1. The second-order valence-corrected chi connectivity index (χ2v) is 5.88. The average molecular weight is 401 g/mol. The summed E-state index contributed by atoms with van der Waals surface area (Å²) in [6.07, 6.45) is 0. The number of nitrogens with zero attached hydrogens (tertiary/aromatic N) is 3. The molecule has 0 amide bonds. The van der Waals surface area contributed by atoms with E-state index >= 15 is 0 Å². The summed E-state index contributed by atoms with van der Waals surface area (Å²) in [4.78, 5) is 24.3. The van der Waals surface area contributed by atoms with E-state index in [1.807, 2.05) is 31.2 Å². The number of alkyl halides is 2. The number of ether oxygens (including phenoxy) is 2. The third-order valence-corrected chi connectivity index (χ3v) is 3.66. The van der Waals surface area contributed by atoms with Gasteiger partial charge in [-0.1, -0.05) is 29.8 Å². The molecule has 3 rings (SSSR count). The van der Waals surface area contributed by atoms with Crippen molar-refractivity contribution in [3.8, 4) is 5.75 Å². The molecular weight excluding hydrogens is 384 g/mol. The largest absolute Gasteiger partial charge is 0.454 e. The lowest BCUT2D eigenvalue weighted by Crippen LogP contribution is -2.13. The van der Waals surface area contributed by atoms with Gasteiger partial charge in [-0.05, 0) is 31.2 Å². The van der Waals surface area contributed by atoms with Gasteiger partial charge in [0.05, 0.1) is 0 Å².